The highest BCUT2D eigenvalue weighted by Gasteiger charge is 2.19. The Kier molecular flexibility index (Phi) is 3.69. The van der Waals surface area contributed by atoms with Crippen LogP contribution in [0.1, 0.15) is 30.4 Å². The van der Waals surface area contributed by atoms with E-state index in [9.17, 15) is 4.79 Å². The molecule has 0 aliphatic heterocycles. The van der Waals surface area contributed by atoms with Gasteiger partial charge in [0.25, 0.3) is 0 Å². The van der Waals surface area contributed by atoms with Crippen LogP contribution in [0.25, 0.3) is 0 Å². The second kappa shape index (κ2) is 5.42. The molecule has 0 fully saturated rings. The van der Waals surface area contributed by atoms with Crippen molar-refractivity contribution in [1.82, 2.24) is 20.5 Å². The molecule has 0 saturated carbocycles. The fraction of sp³-hybridized carbons (Fsp3) is 0.250. The number of hydrogen-bond donors (Lipinski definition) is 3. The number of H-pyrrole nitrogens is 1. The van der Waals surface area contributed by atoms with Gasteiger partial charge in [0.1, 0.15) is 18.2 Å². The molecule has 1 heterocycles. The summed E-state index contributed by atoms with van der Waals surface area (Å²) in [5.74, 6) is 0.355. The summed E-state index contributed by atoms with van der Waals surface area (Å²) in [7, 11) is 0. The smallest absolute Gasteiger partial charge is 0.242 e. The van der Waals surface area contributed by atoms with Crippen LogP contribution in [0.15, 0.2) is 36.7 Å². The van der Waals surface area contributed by atoms with Crippen LogP contribution in [-0.4, -0.2) is 21.1 Å². The molecule has 1 aromatic heterocycles. The molecule has 4 N–H and O–H groups in total. The lowest BCUT2D eigenvalue weighted by Crippen LogP contribution is -2.36. The van der Waals surface area contributed by atoms with Crippen molar-refractivity contribution in [2.75, 3.05) is 0 Å². The predicted octanol–water partition coefficient (Wildman–Crippen LogP) is 0.682. The number of nitrogens with one attached hydrogen (secondary N) is 2. The highest BCUT2D eigenvalue weighted by atomic mass is 16.2. The fourth-order valence-corrected chi connectivity index (χ4v) is 1.61. The second-order valence-corrected chi connectivity index (χ2v) is 3.99. The third-order valence-corrected chi connectivity index (χ3v) is 2.64. The molecule has 2 atom stereocenters. The highest BCUT2D eigenvalue weighted by molar-refractivity contribution is 5.83. The lowest BCUT2D eigenvalue weighted by atomic mass is 10.1. The van der Waals surface area contributed by atoms with E-state index in [0.29, 0.717) is 5.82 Å². The van der Waals surface area contributed by atoms with Gasteiger partial charge in [-0.05, 0) is 12.5 Å². The molecule has 0 aliphatic carbocycles. The first kappa shape index (κ1) is 12.3. The summed E-state index contributed by atoms with van der Waals surface area (Å²) in [6, 6.07) is 8.29. The number of carbonyl (C=O) groups is 1. The largest absolute Gasteiger partial charge is 0.345 e. The summed E-state index contributed by atoms with van der Waals surface area (Å²) >= 11 is 0. The third-order valence-electron chi connectivity index (χ3n) is 2.64. The van der Waals surface area contributed by atoms with Crippen LogP contribution < -0.4 is 11.1 Å². The van der Waals surface area contributed by atoms with Crippen LogP contribution in [0, 0.1) is 0 Å². The Morgan fingerprint density at radius 2 is 2.11 bits per heavy atom. The molecule has 1 amide bonds. The van der Waals surface area contributed by atoms with Crippen molar-refractivity contribution >= 4 is 5.91 Å². The Balaban J connectivity index is 2.00. The molecule has 6 heteroatoms. The number of aromatic amines is 1. The summed E-state index contributed by atoms with van der Waals surface area (Å²) in [6.45, 7) is 1.82. The van der Waals surface area contributed by atoms with Crippen LogP contribution in [0.2, 0.25) is 0 Å². The minimum atomic E-state index is -0.684. The van der Waals surface area contributed by atoms with Gasteiger partial charge in [0.05, 0.1) is 6.04 Å². The molecule has 0 bridgehead atoms. The number of carbonyl (C=O) groups excluding carboxylic acids is 1. The minimum absolute atomic E-state index is 0.245. The van der Waals surface area contributed by atoms with E-state index in [-0.39, 0.29) is 11.9 Å². The third kappa shape index (κ3) is 2.72. The Morgan fingerprint density at radius 3 is 2.72 bits per heavy atom. The fourth-order valence-electron chi connectivity index (χ4n) is 1.61. The van der Waals surface area contributed by atoms with Crippen LogP contribution in [0.4, 0.5) is 0 Å². The van der Waals surface area contributed by atoms with E-state index in [0.717, 1.165) is 5.56 Å². The number of rotatable bonds is 4. The standard InChI is InChI=1S/C12H15N5O/c1-8(11-14-7-15-17-11)16-12(18)10(13)9-5-3-2-4-6-9/h2-8,10H,13H2,1H3,(H,16,18)(H,14,15,17)/t8?,10-/m1/s1. The molecule has 0 saturated heterocycles. The maximum absolute atomic E-state index is 12.0. The Labute approximate surface area is 105 Å². The van der Waals surface area contributed by atoms with Crippen molar-refractivity contribution in [3.63, 3.8) is 0 Å². The number of nitrogens with zero attached hydrogens (tertiary/aromatic N) is 2. The van der Waals surface area contributed by atoms with Gasteiger partial charge in [-0.2, -0.15) is 5.10 Å². The van der Waals surface area contributed by atoms with E-state index in [2.05, 4.69) is 20.5 Å². The van der Waals surface area contributed by atoms with Crippen LogP contribution >= 0.6 is 0 Å². The lowest BCUT2D eigenvalue weighted by molar-refractivity contribution is -0.123. The molecule has 94 valence electrons. The molecule has 2 aromatic rings. The highest BCUT2D eigenvalue weighted by Crippen LogP contribution is 2.12. The van der Waals surface area contributed by atoms with Crippen molar-refractivity contribution < 1.29 is 4.79 Å². The van der Waals surface area contributed by atoms with E-state index in [1.165, 1.54) is 6.33 Å². The molecule has 6 nitrogen and oxygen atoms in total. The molecule has 0 spiro atoms. The summed E-state index contributed by atoms with van der Waals surface area (Å²) in [5.41, 5.74) is 6.66. The molecular weight excluding hydrogens is 230 g/mol. The van der Waals surface area contributed by atoms with Crippen LogP contribution in [-0.2, 0) is 4.79 Å². The van der Waals surface area contributed by atoms with Gasteiger partial charge in [-0.25, -0.2) is 4.98 Å². The number of amides is 1. The van der Waals surface area contributed by atoms with Gasteiger partial charge in [-0.3, -0.25) is 9.89 Å². The quantitative estimate of drug-likeness (QED) is 0.738. The summed E-state index contributed by atoms with van der Waals surface area (Å²) < 4.78 is 0. The maximum atomic E-state index is 12.0. The van der Waals surface area contributed by atoms with Crippen molar-refractivity contribution in [3.8, 4) is 0 Å². The second-order valence-electron chi connectivity index (χ2n) is 3.99. The van der Waals surface area contributed by atoms with Gasteiger partial charge in [-0.1, -0.05) is 30.3 Å². The van der Waals surface area contributed by atoms with Crippen LogP contribution in [0.3, 0.4) is 0 Å². The SMILES string of the molecule is CC(NC(=O)[C@H](N)c1ccccc1)c1ncn[nH]1. The first-order valence-corrected chi connectivity index (χ1v) is 5.64. The molecule has 0 radical (unpaired) electrons. The maximum Gasteiger partial charge on any atom is 0.242 e. The average molecular weight is 245 g/mol. The summed E-state index contributed by atoms with van der Waals surface area (Å²) in [5, 5.41) is 9.22. The normalized spacial score (nSPS) is 13.9. The van der Waals surface area contributed by atoms with Gasteiger partial charge in [0.2, 0.25) is 5.91 Å². The van der Waals surface area contributed by atoms with Gasteiger partial charge < -0.3 is 11.1 Å². The number of aromatic nitrogens is 3. The molecule has 1 unspecified atom stereocenters. The summed E-state index contributed by atoms with van der Waals surface area (Å²) in [6.07, 6.45) is 1.40. The Morgan fingerprint density at radius 1 is 1.39 bits per heavy atom. The molecule has 18 heavy (non-hydrogen) atoms. The Bertz CT molecular complexity index is 496. The topological polar surface area (TPSA) is 96.7 Å². The number of benzene rings is 1. The van der Waals surface area contributed by atoms with Crippen molar-refractivity contribution in [3.05, 3.63) is 48.0 Å². The number of nitrogens with two attached hydrogens (primary N) is 1. The lowest BCUT2D eigenvalue weighted by Gasteiger charge is -2.16. The van der Waals surface area contributed by atoms with E-state index in [4.69, 9.17) is 5.73 Å². The van der Waals surface area contributed by atoms with Gasteiger partial charge in [0, 0.05) is 0 Å². The van der Waals surface area contributed by atoms with E-state index >= 15 is 0 Å². The van der Waals surface area contributed by atoms with Crippen LogP contribution in [0.5, 0.6) is 0 Å². The molecule has 2 rings (SSSR count). The van der Waals surface area contributed by atoms with Crippen molar-refractivity contribution in [2.45, 2.75) is 19.0 Å². The first-order valence-electron chi connectivity index (χ1n) is 5.64. The average Bonchev–Trinajstić information content (AvgIpc) is 2.92. The van der Waals surface area contributed by atoms with Gasteiger partial charge in [0.15, 0.2) is 0 Å². The van der Waals surface area contributed by atoms with Gasteiger partial charge in [-0.15, -0.1) is 0 Å². The van der Waals surface area contributed by atoms with E-state index in [1.807, 2.05) is 37.3 Å². The van der Waals surface area contributed by atoms with Gasteiger partial charge >= 0.3 is 0 Å². The predicted molar refractivity (Wildman–Crippen MR) is 66.3 cm³/mol. The Hall–Kier alpha value is -2.21. The zero-order valence-corrected chi connectivity index (χ0v) is 10.00. The van der Waals surface area contributed by atoms with Crippen molar-refractivity contribution in [1.29, 1.82) is 0 Å². The first-order chi connectivity index (χ1) is 8.68. The van der Waals surface area contributed by atoms with E-state index < -0.39 is 6.04 Å². The monoisotopic (exact) mass is 245 g/mol. The van der Waals surface area contributed by atoms with E-state index in [1.54, 1.807) is 0 Å². The number of hydrogen-bond acceptors (Lipinski definition) is 4. The molecule has 1 aromatic carbocycles. The summed E-state index contributed by atoms with van der Waals surface area (Å²) in [4.78, 5) is 15.9. The zero-order valence-electron chi connectivity index (χ0n) is 10.00. The minimum Gasteiger partial charge on any atom is -0.345 e. The molecule has 0 aliphatic rings. The van der Waals surface area contributed by atoms with Crippen molar-refractivity contribution in [2.24, 2.45) is 5.73 Å². The molecular formula is C12H15N5O. The zero-order chi connectivity index (χ0) is 13.0.